The third-order valence-corrected chi connectivity index (χ3v) is 5.13. The molecule has 0 saturated carbocycles. The van der Waals surface area contributed by atoms with Crippen LogP contribution >= 0.6 is 0 Å². The van der Waals surface area contributed by atoms with Crippen LogP contribution in [0.1, 0.15) is 0 Å². The average molecular weight is 436 g/mol. The van der Waals surface area contributed by atoms with Crippen molar-refractivity contribution >= 4 is 28.4 Å². The highest BCUT2D eigenvalue weighted by Crippen LogP contribution is 2.34. The maximum absolute atomic E-state index is 11.1. The molecule has 5 aromatic rings. The number of hydrogen-bond donors (Lipinski definition) is 4. The predicted molar refractivity (Wildman–Crippen MR) is 129 cm³/mol. The van der Waals surface area contributed by atoms with E-state index in [2.05, 4.69) is 15.5 Å². The smallest absolute Gasteiger partial charge is 0.316 e. The average Bonchev–Trinajstić information content (AvgIpc) is 3.20. The second kappa shape index (κ2) is 8.35. The predicted octanol–water partition coefficient (Wildman–Crippen LogP) is 5.16. The number of anilines is 2. The number of nitrogens with one attached hydrogen (secondary N) is 2. The zero-order valence-electron chi connectivity index (χ0n) is 17.4. The van der Waals surface area contributed by atoms with Crippen molar-refractivity contribution in [2.24, 2.45) is 5.73 Å². The fourth-order valence-electron chi connectivity index (χ4n) is 3.60. The number of nitrogen functional groups attached to an aromatic ring is 1. The molecule has 0 aliphatic heterocycles. The van der Waals surface area contributed by atoms with E-state index in [1.54, 1.807) is 12.1 Å². The number of fused-ring (bicyclic) bond motifs is 1. The number of primary amides is 1. The first-order chi connectivity index (χ1) is 16.1. The molecule has 0 atom stereocenters. The topological polar surface area (TPSA) is 132 Å². The number of nitrogens with two attached hydrogens (primary N) is 2. The van der Waals surface area contributed by atoms with Crippen molar-refractivity contribution in [2.75, 3.05) is 11.1 Å². The number of urea groups is 1. The summed E-state index contributed by atoms with van der Waals surface area (Å²) in [5.41, 5.74) is 15.9. The number of amides is 2. The Morgan fingerprint density at radius 2 is 1.55 bits per heavy atom. The van der Waals surface area contributed by atoms with Crippen LogP contribution in [-0.2, 0) is 0 Å². The van der Waals surface area contributed by atoms with Gasteiger partial charge >= 0.3 is 6.03 Å². The number of rotatable bonds is 5. The Bertz CT molecular complexity index is 1430. The molecule has 0 radical (unpaired) electrons. The summed E-state index contributed by atoms with van der Waals surface area (Å²) in [5, 5.41) is 10.4. The molecule has 0 aliphatic rings. The van der Waals surface area contributed by atoms with Crippen LogP contribution in [0.5, 0.6) is 11.5 Å². The molecule has 3 aromatic carbocycles. The van der Waals surface area contributed by atoms with Crippen molar-refractivity contribution in [3.63, 3.8) is 0 Å². The van der Waals surface area contributed by atoms with Crippen LogP contribution in [0, 0.1) is 0 Å². The van der Waals surface area contributed by atoms with E-state index in [-0.39, 0.29) is 0 Å². The first-order valence-corrected chi connectivity index (χ1v) is 10.2. The van der Waals surface area contributed by atoms with Crippen LogP contribution < -0.4 is 21.5 Å². The highest BCUT2D eigenvalue weighted by Gasteiger charge is 2.15. The monoisotopic (exact) mass is 436 g/mol. The Morgan fingerprint density at radius 1 is 0.879 bits per heavy atom. The van der Waals surface area contributed by atoms with Crippen LogP contribution in [-0.4, -0.2) is 21.2 Å². The van der Waals surface area contributed by atoms with E-state index in [0.717, 1.165) is 39.2 Å². The minimum absolute atomic E-state index is 0.379. The number of hydrogen-bond acceptors (Lipinski definition) is 5. The van der Waals surface area contributed by atoms with Crippen molar-refractivity contribution in [2.45, 2.75) is 0 Å². The number of aromatic nitrogens is 3. The SMILES string of the molecule is NC(=O)Nc1ccc(-c2cc3[nH]nc(N)c3c(-c3ccc(Oc4ccccc4)cc3)n2)cc1. The first-order valence-electron chi connectivity index (χ1n) is 10.2. The summed E-state index contributed by atoms with van der Waals surface area (Å²) >= 11 is 0. The summed E-state index contributed by atoms with van der Waals surface area (Å²) < 4.78 is 5.89. The van der Waals surface area contributed by atoms with Gasteiger partial charge in [0.15, 0.2) is 5.82 Å². The largest absolute Gasteiger partial charge is 0.457 e. The van der Waals surface area contributed by atoms with Gasteiger partial charge in [-0.25, -0.2) is 9.78 Å². The second-order valence-corrected chi connectivity index (χ2v) is 7.39. The fraction of sp³-hybridized carbons (Fsp3) is 0. The number of carbonyl (C=O) groups is 1. The van der Waals surface area contributed by atoms with Crippen LogP contribution in [0.3, 0.4) is 0 Å². The van der Waals surface area contributed by atoms with Gasteiger partial charge in [-0.1, -0.05) is 30.3 Å². The number of ether oxygens (including phenoxy) is 1. The summed E-state index contributed by atoms with van der Waals surface area (Å²) in [6.07, 6.45) is 0. The zero-order valence-corrected chi connectivity index (χ0v) is 17.4. The summed E-state index contributed by atoms with van der Waals surface area (Å²) in [6, 6.07) is 25.8. The van der Waals surface area contributed by atoms with E-state index in [1.807, 2.05) is 72.8 Å². The summed E-state index contributed by atoms with van der Waals surface area (Å²) in [7, 11) is 0. The van der Waals surface area contributed by atoms with Gasteiger partial charge in [-0.3, -0.25) is 5.10 Å². The highest BCUT2D eigenvalue weighted by atomic mass is 16.5. The Morgan fingerprint density at radius 3 is 2.24 bits per heavy atom. The van der Waals surface area contributed by atoms with Crippen LogP contribution in [0.2, 0.25) is 0 Å². The number of para-hydroxylation sites is 1. The molecule has 8 heteroatoms. The minimum atomic E-state index is -0.614. The van der Waals surface area contributed by atoms with Gasteiger partial charge < -0.3 is 21.5 Å². The van der Waals surface area contributed by atoms with Gasteiger partial charge in [0.2, 0.25) is 0 Å². The molecular weight excluding hydrogens is 416 g/mol. The molecule has 0 unspecified atom stereocenters. The molecule has 0 aliphatic carbocycles. The van der Waals surface area contributed by atoms with E-state index in [4.69, 9.17) is 21.2 Å². The summed E-state index contributed by atoms with van der Waals surface area (Å²) in [5.74, 6) is 1.86. The van der Waals surface area contributed by atoms with Gasteiger partial charge in [-0.05, 0) is 54.6 Å². The van der Waals surface area contributed by atoms with Crippen molar-refractivity contribution < 1.29 is 9.53 Å². The lowest BCUT2D eigenvalue weighted by molar-refractivity contribution is 0.259. The van der Waals surface area contributed by atoms with Crippen LogP contribution in [0.15, 0.2) is 84.9 Å². The molecule has 2 aromatic heterocycles. The van der Waals surface area contributed by atoms with Crippen molar-refractivity contribution in [1.29, 1.82) is 0 Å². The molecule has 0 saturated heterocycles. The van der Waals surface area contributed by atoms with Gasteiger partial charge in [0.05, 0.1) is 22.3 Å². The van der Waals surface area contributed by atoms with E-state index in [1.165, 1.54) is 0 Å². The third kappa shape index (κ3) is 4.17. The van der Waals surface area contributed by atoms with Gasteiger partial charge in [-0.2, -0.15) is 5.10 Å². The second-order valence-electron chi connectivity index (χ2n) is 7.39. The molecule has 2 amide bonds. The molecule has 0 spiro atoms. The quantitative estimate of drug-likeness (QED) is 0.302. The van der Waals surface area contributed by atoms with E-state index >= 15 is 0 Å². The standard InChI is InChI=1S/C25H20N6O2/c26-24-22-21(30-31-24)14-20(15-6-10-17(11-7-15)28-25(27)32)29-23(22)16-8-12-19(13-9-16)33-18-4-2-1-3-5-18/h1-14H,(H3,26,30,31)(H3,27,28,32). The Labute approximate surface area is 189 Å². The number of H-pyrrole nitrogens is 1. The van der Waals surface area contributed by atoms with Crippen LogP contribution in [0.4, 0.5) is 16.3 Å². The summed E-state index contributed by atoms with van der Waals surface area (Å²) in [4.78, 5) is 16.0. The van der Waals surface area contributed by atoms with Crippen molar-refractivity contribution in [3.8, 4) is 34.0 Å². The lowest BCUT2D eigenvalue weighted by atomic mass is 10.0. The molecule has 5 rings (SSSR count). The Balaban J connectivity index is 1.52. The number of benzene rings is 3. The third-order valence-electron chi connectivity index (χ3n) is 5.13. The molecule has 162 valence electrons. The Hall–Kier alpha value is -4.85. The van der Waals surface area contributed by atoms with E-state index in [0.29, 0.717) is 17.2 Å². The maximum atomic E-state index is 11.1. The molecule has 0 bridgehead atoms. The number of pyridine rings is 1. The minimum Gasteiger partial charge on any atom is -0.457 e. The zero-order chi connectivity index (χ0) is 22.8. The first kappa shape index (κ1) is 20.1. The lowest BCUT2D eigenvalue weighted by Gasteiger charge is -2.10. The fourth-order valence-corrected chi connectivity index (χ4v) is 3.60. The van der Waals surface area contributed by atoms with Crippen molar-refractivity contribution in [1.82, 2.24) is 15.2 Å². The molecule has 2 heterocycles. The lowest BCUT2D eigenvalue weighted by Crippen LogP contribution is -2.19. The maximum Gasteiger partial charge on any atom is 0.316 e. The number of nitrogens with zero attached hydrogens (tertiary/aromatic N) is 2. The van der Waals surface area contributed by atoms with Crippen LogP contribution in [0.25, 0.3) is 33.4 Å². The van der Waals surface area contributed by atoms with Gasteiger partial charge in [0.1, 0.15) is 11.5 Å². The van der Waals surface area contributed by atoms with Gasteiger partial charge in [0, 0.05) is 16.8 Å². The highest BCUT2D eigenvalue weighted by molar-refractivity contribution is 6.01. The molecule has 6 N–H and O–H groups in total. The molecular formula is C25H20N6O2. The van der Waals surface area contributed by atoms with E-state index < -0.39 is 6.03 Å². The van der Waals surface area contributed by atoms with Gasteiger partial charge in [0.25, 0.3) is 0 Å². The number of carbonyl (C=O) groups excluding carboxylic acids is 1. The molecule has 33 heavy (non-hydrogen) atoms. The normalized spacial score (nSPS) is 10.8. The molecule has 8 nitrogen and oxygen atoms in total. The van der Waals surface area contributed by atoms with Gasteiger partial charge in [-0.15, -0.1) is 0 Å². The summed E-state index contributed by atoms with van der Waals surface area (Å²) in [6.45, 7) is 0. The Kier molecular flexibility index (Phi) is 5.08. The number of aromatic amines is 1. The van der Waals surface area contributed by atoms with Crippen molar-refractivity contribution in [3.05, 3.63) is 84.9 Å². The molecule has 0 fully saturated rings. The van der Waals surface area contributed by atoms with E-state index in [9.17, 15) is 4.79 Å².